The van der Waals surface area contributed by atoms with Gasteiger partial charge in [-0.15, -0.1) is 0 Å². The molecule has 0 radical (unpaired) electrons. The summed E-state index contributed by atoms with van der Waals surface area (Å²) in [6.07, 6.45) is 3.29. The summed E-state index contributed by atoms with van der Waals surface area (Å²) >= 11 is 0. The first-order chi connectivity index (χ1) is 21.6. The molecule has 1 heterocycles. The zero-order valence-corrected chi connectivity index (χ0v) is 24.9. The lowest BCUT2D eigenvalue weighted by atomic mass is 9.78. The minimum absolute atomic E-state index is 0.0916. The second kappa shape index (κ2) is 14.3. The third-order valence-corrected chi connectivity index (χ3v) is 8.78. The van der Waals surface area contributed by atoms with Gasteiger partial charge in [0.05, 0.1) is 18.8 Å². The molecular weight excluding hydrogens is 596 g/mol. The number of nitrogens with zero attached hydrogens (tertiary/aromatic N) is 1. The maximum absolute atomic E-state index is 15.3. The van der Waals surface area contributed by atoms with Crippen LogP contribution in [-0.4, -0.2) is 19.5 Å². The lowest BCUT2D eigenvalue weighted by Gasteiger charge is -2.37. The molecule has 0 spiro atoms. The van der Waals surface area contributed by atoms with Crippen LogP contribution in [0.25, 0.3) is 11.1 Å². The molecule has 0 amide bonds. The molecule has 0 aromatic heterocycles. The average Bonchev–Trinajstić information content (AvgIpc) is 3.01. The standard InChI is InChI=1S/C35H35F6NO3/c1-2-3-4-5-21-19-43-34(44-20-21)23-8-6-22(7-9-23)24-11-13-28(30(37)14-24)26-15-31(38)33(32(39)16-26)35(40,41)45-27-12-10-25(18-42)29(36)17-27/h10-17,21-23,34H,2-9,19-20H2,1H3. The van der Waals surface area contributed by atoms with E-state index in [0.717, 1.165) is 49.8 Å². The lowest BCUT2D eigenvalue weighted by molar-refractivity contribution is -0.229. The van der Waals surface area contributed by atoms with Crippen molar-refractivity contribution in [2.45, 2.75) is 76.6 Å². The van der Waals surface area contributed by atoms with Crippen LogP contribution in [0.5, 0.6) is 5.75 Å². The topological polar surface area (TPSA) is 51.5 Å². The van der Waals surface area contributed by atoms with Crippen LogP contribution in [0.15, 0.2) is 48.5 Å². The van der Waals surface area contributed by atoms with Crippen molar-refractivity contribution in [3.63, 3.8) is 0 Å². The van der Waals surface area contributed by atoms with Crippen molar-refractivity contribution >= 4 is 0 Å². The Labute approximate surface area is 258 Å². The smallest absolute Gasteiger partial charge is 0.429 e. The molecule has 1 saturated carbocycles. The first kappa shape index (κ1) is 32.8. The minimum atomic E-state index is -4.53. The highest BCUT2D eigenvalue weighted by Gasteiger charge is 2.41. The molecule has 0 atom stereocenters. The zero-order chi connectivity index (χ0) is 32.1. The number of hydrogen-bond donors (Lipinski definition) is 0. The summed E-state index contributed by atoms with van der Waals surface area (Å²) in [7, 11) is 0. The molecule has 2 fully saturated rings. The molecule has 0 N–H and O–H groups in total. The Morgan fingerprint density at radius 3 is 2.13 bits per heavy atom. The lowest BCUT2D eigenvalue weighted by Crippen LogP contribution is -2.38. The molecule has 3 aromatic carbocycles. The second-order valence-corrected chi connectivity index (χ2v) is 11.9. The van der Waals surface area contributed by atoms with Crippen LogP contribution in [0.2, 0.25) is 0 Å². The van der Waals surface area contributed by atoms with E-state index < -0.39 is 46.3 Å². The predicted molar refractivity (Wildman–Crippen MR) is 155 cm³/mol. The summed E-state index contributed by atoms with van der Waals surface area (Å²) in [6, 6.07) is 9.46. The van der Waals surface area contributed by atoms with E-state index in [1.54, 1.807) is 6.07 Å². The van der Waals surface area contributed by atoms with Crippen LogP contribution in [0.3, 0.4) is 0 Å². The van der Waals surface area contributed by atoms with Crippen molar-refractivity contribution in [2.75, 3.05) is 13.2 Å². The Hall–Kier alpha value is -3.55. The van der Waals surface area contributed by atoms with E-state index in [-0.39, 0.29) is 29.3 Å². The summed E-state index contributed by atoms with van der Waals surface area (Å²) in [4.78, 5) is 0. The molecule has 3 aromatic rings. The Morgan fingerprint density at radius 1 is 0.844 bits per heavy atom. The van der Waals surface area contributed by atoms with Crippen LogP contribution in [0.4, 0.5) is 26.3 Å². The number of nitriles is 1. The Bertz CT molecular complexity index is 1500. The van der Waals surface area contributed by atoms with E-state index in [9.17, 15) is 22.0 Å². The number of benzene rings is 3. The molecule has 1 aliphatic heterocycles. The zero-order valence-electron chi connectivity index (χ0n) is 24.9. The second-order valence-electron chi connectivity index (χ2n) is 11.9. The van der Waals surface area contributed by atoms with Gasteiger partial charge in [-0.1, -0.05) is 38.3 Å². The van der Waals surface area contributed by atoms with Gasteiger partial charge in [0.15, 0.2) is 6.29 Å². The SMILES string of the molecule is CCCCCC1COC(C2CCC(c3ccc(-c4cc(F)c(C(F)(F)Oc5ccc(C#N)c(F)c5)c(F)c4)c(F)c3)CC2)OC1. The van der Waals surface area contributed by atoms with Gasteiger partial charge in [0.1, 0.15) is 40.7 Å². The van der Waals surface area contributed by atoms with E-state index >= 15 is 4.39 Å². The largest absolute Gasteiger partial charge is 0.432 e. The minimum Gasteiger partial charge on any atom is -0.429 e. The number of hydrogen-bond acceptors (Lipinski definition) is 4. The number of unbranched alkanes of at least 4 members (excludes halogenated alkanes) is 2. The van der Waals surface area contributed by atoms with Crippen LogP contribution in [-0.2, 0) is 15.6 Å². The molecule has 2 aliphatic rings. The molecule has 10 heteroatoms. The Kier molecular flexibility index (Phi) is 10.4. The fourth-order valence-electron chi connectivity index (χ4n) is 6.28. The quantitative estimate of drug-likeness (QED) is 0.165. The first-order valence-corrected chi connectivity index (χ1v) is 15.4. The summed E-state index contributed by atoms with van der Waals surface area (Å²) in [5, 5.41) is 8.79. The molecule has 1 aliphatic carbocycles. The molecule has 1 saturated heterocycles. The van der Waals surface area contributed by atoms with Gasteiger partial charge in [0.2, 0.25) is 0 Å². The Morgan fingerprint density at radius 2 is 1.53 bits per heavy atom. The molecular formula is C35H35F6NO3. The van der Waals surface area contributed by atoms with Gasteiger partial charge < -0.3 is 14.2 Å². The summed E-state index contributed by atoms with van der Waals surface area (Å²) in [6.45, 7) is 3.61. The predicted octanol–water partition coefficient (Wildman–Crippen LogP) is 9.75. The van der Waals surface area contributed by atoms with Gasteiger partial charge in [0, 0.05) is 23.5 Å². The van der Waals surface area contributed by atoms with E-state index in [4.69, 9.17) is 14.7 Å². The summed E-state index contributed by atoms with van der Waals surface area (Å²) in [5.74, 6) is -5.12. The Balaban J connectivity index is 1.22. The van der Waals surface area contributed by atoms with Crippen molar-refractivity contribution in [1.29, 1.82) is 5.26 Å². The fraction of sp³-hybridized carbons (Fsp3) is 0.457. The van der Waals surface area contributed by atoms with Crippen molar-refractivity contribution < 1.29 is 40.6 Å². The highest BCUT2D eigenvalue weighted by molar-refractivity contribution is 5.65. The first-order valence-electron chi connectivity index (χ1n) is 15.4. The van der Waals surface area contributed by atoms with Gasteiger partial charge in [-0.2, -0.15) is 14.0 Å². The monoisotopic (exact) mass is 631 g/mol. The van der Waals surface area contributed by atoms with Gasteiger partial charge in [-0.25, -0.2) is 17.6 Å². The van der Waals surface area contributed by atoms with Crippen molar-refractivity contribution in [3.8, 4) is 22.9 Å². The maximum Gasteiger partial charge on any atom is 0.432 e. The van der Waals surface area contributed by atoms with E-state index in [2.05, 4.69) is 11.7 Å². The summed E-state index contributed by atoms with van der Waals surface area (Å²) in [5.41, 5.74) is -1.78. The fourth-order valence-corrected chi connectivity index (χ4v) is 6.28. The van der Waals surface area contributed by atoms with Crippen molar-refractivity contribution in [1.82, 2.24) is 0 Å². The third kappa shape index (κ3) is 7.64. The van der Waals surface area contributed by atoms with Crippen molar-refractivity contribution in [2.24, 2.45) is 11.8 Å². The van der Waals surface area contributed by atoms with Gasteiger partial charge >= 0.3 is 6.11 Å². The maximum atomic E-state index is 15.3. The average molecular weight is 632 g/mol. The summed E-state index contributed by atoms with van der Waals surface area (Å²) < 4.78 is 105. The van der Waals surface area contributed by atoms with E-state index in [0.29, 0.717) is 37.3 Å². The van der Waals surface area contributed by atoms with Crippen LogP contribution < -0.4 is 4.74 Å². The normalized spacial score (nSPS) is 22.2. The van der Waals surface area contributed by atoms with Crippen LogP contribution in [0.1, 0.15) is 80.9 Å². The van der Waals surface area contributed by atoms with Crippen molar-refractivity contribution in [3.05, 3.63) is 88.5 Å². The van der Waals surface area contributed by atoms with Crippen LogP contribution >= 0.6 is 0 Å². The highest BCUT2D eigenvalue weighted by Crippen LogP contribution is 2.41. The molecule has 4 nitrogen and oxygen atoms in total. The molecule has 0 unspecified atom stereocenters. The molecule has 0 bridgehead atoms. The number of ether oxygens (including phenoxy) is 3. The number of rotatable bonds is 10. The van der Waals surface area contributed by atoms with Gasteiger partial charge in [0.25, 0.3) is 0 Å². The number of alkyl halides is 2. The number of halogens is 6. The van der Waals surface area contributed by atoms with E-state index in [1.807, 2.05) is 0 Å². The highest BCUT2D eigenvalue weighted by atomic mass is 19.3. The van der Waals surface area contributed by atoms with Gasteiger partial charge in [-0.05, 0) is 79.5 Å². The van der Waals surface area contributed by atoms with Gasteiger partial charge in [-0.3, -0.25) is 0 Å². The molecule has 240 valence electrons. The molecule has 45 heavy (non-hydrogen) atoms. The molecule has 5 rings (SSSR count). The van der Waals surface area contributed by atoms with Crippen LogP contribution in [0, 0.1) is 46.4 Å². The third-order valence-electron chi connectivity index (χ3n) is 8.78. The van der Waals surface area contributed by atoms with E-state index in [1.165, 1.54) is 37.5 Å².